The minimum absolute atomic E-state index is 0.195. The second-order valence-corrected chi connectivity index (χ2v) is 9.55. The first kappa shape index (κ1) is 23.8. The molecule has 1 N–H and O–H groups in total. The lowest BCUT2D eigenvalue weighted by molar-refractivity contribution is -0.111. The van der Waals surface area contributed by atoms with Crippen LogP contribution in [0.5, 0.6) is 11.5 Å². The number of hydrogen-bond acceptors (Lipinski definition) is 5. The van der Waals surface area contributed by atoms with Crippen molar-refractivity contribution in [2.75, 3.05) is 32.1 Å². The average Bonchev–Trinajstić information content (AvgIpc) is 2.80. The highest BCUT2D eigenvalue weighted by atomic mass is 32.2. The van der Waals surface area contributed by atoms with Gasteiger partial charge in [0.05, 0.1) is 18.6 Å². The molecule has 1 fully saturated rings. The number of hydrogen-bond donors (Lipinski definition) is 1. The van der Waals surface area contributed by atoms with E-state index in [2.05, 4.69) is 5.32 Å². The highest BCUT2D eigenvalue weighted by Gasteiger charge is 2.26. The molecule has 0 bridgehead atoms. The molecule has 1 amide bonds. The molecule has 3 rings (SSSR count). The number of sulfonamides is 1. The molecule has 0 saturated carbocycles. The Morgan fingerprint density at radius 2 is 1.84 bits per heavy atom. The zero-order chi connectivity index (χ0) is 23.1. The topological polar surface area (TPSA) is 84.9 Å². The molecular weight excluding hydrogens is 428 g/mol. The molecule has 0 radical (unpaired) electrons. The first-order chi connectivity index (χ1) is 15.3. The first-order valence-electron chi connectivity index (χ1n) is 10.8. The minimum Gasteiger partial charge on any atom is -0.493 e. The number of rotatable bonds is 8. The van der Waals surface area contributed by atoms with Crippen molar-refractivity contribution in [3.05, 3.63) is 53.6 Å². The van der Waals surface area contributed by atoms with Crippen LogP contribution < -0.4 is 14.8 Å². The Hall–Kier alpha value is -2.84. The highest BCUT2D eigenvalue weighted by Crippen LogP contribution is 2.29. The summed E-state index contributed by atoms with van der Waals surface area (Å²) >= 11 is 0. The number of nitrogens with one attached hydrogen (secondary N) is 1. The summed E-state index contributed by atoms with van der Waals surface area (Å²) in [6.07, 6.45) is 5.86. The standard InChI is InChI=1S/C24H30N2O5S/c1-4-31-22-12-9-19(16-23(22)30-3)10-13-24(27)25-21-17-20(11-8-18(21)2)32(28,29)26-14-6-5-7-15-26/h8-13,16-17H,4-7,14-15H2,1-3H3,(H,25,27)/b13-10+. The predicted molar refractivity (Wildman–Crippen MR) is 126 cm³/mol. The number of ether oxygens (including phenoxy) is 2. The highest BCUT2D eigenvalue weighted by molar-refractivity contribution is 7.89. The molecule has 1 heterocycles. The molecule has 1 saturated heterocycles. The summed E-state index contributed by atoms with van der Waals surface area (Å²) in [5.41, 5.74) is 2.03. The van der Waals surface area contributed by atoms with Crippen LogP contribution in [0.3, 0.4) is 0 Å². The van der Waals surface area contributed by atoms with Crippen LogP contribution >= 0.6 is 0 Å². The summed E-state index contributed by atoms with van der Waals surface area (Å²) in [4.78, 5) is 12.7. The number of aryl methyl sites for hydroxylation is 1. The zero-order valence-corrected chi connectivity index (χ0v) is 19.6. The smallest absolute Gasteiger partial charge is 0.248 e. The van der Waals surface area contributed by atoms with Crippen LogP contribution in [0.25, 0.3) is 6.08 Å². The normalized spacial score (nSPS) is 15.0. The second-order valence-electron chi connectivity index (χ2n) is 7.61. The molecule has 7 nitrogen and oxygen atoms in total. The number of benzene rings is 2. The van der Waals surface area contributed by atoms with Crippen molar-refractivity contribution in [3.63, 3.8) is 0 Å². The van der Waals surface area contributed by atoms with Crippen molar-refractivity contribution in [1.82, 2.24) is 4.31 Å². The van der Waals surface area contributed by atoms with E-state index >= 15 is 0 Å². The largest absolute Gasteiger partial charge is 0.493 e. The number of anilines is 1. The molecular formula is C24H30N2O5S. The van der Waals surface area contributed by atoms with Crippen LogP contribution in [0.2, 0.25) is 0 Å². The Morgan fingerprint density at radius 3 is 2.53 bits per heavy atom. The SMILES string of the molecule is CCOc1ccc(/C=C/C(=O)Nc2cc(S(=O)(=O)N3CCCCC3)ccc2C)cc1OC. The van der Waals surface area contributed by atoms with Gasteiger partial charge in [0.15, 0.2) is 11.5 Å². The summed E-state index contributed by atoms with van der Waals surface area (Å²) in [7, 11) is -2.01. The molecule has 0 unspecified atom stereocenters. The van der Waals surface area contributed by atoms with Gasteiger partial charge in [-0.25, -0.2) is 8.42 Å². The molecule has 0 aromatic heterocycles. The Balaban J connectivity index is 1.74. The maximum absolute atomic E-state index is 13.0. The molecule has 32 heavy (non-hydrogen) atoms. The van der Waals surface area contributed by atoms with Gasteiger partial charge in [0.2, 0.25) is 15.9 Å². The molecule has 8 heteroatoms. The van der Waals surface area contributed by atoms with Gasteiger partial charge in [-0.1, -0.05) is 18.6 Å². The van der Waals surface area contributed by atoms with Gasteiger partial charge < -0.3 is 14.8 Å². The van der Waals surface area contributed by atoms with Crippen LogP contribution in [0.4, 0.5) is 5.69 Å². The van der Waals surface area contributed by atoms with Crippen LogP contribution in [0.15, 0.2) is 47.4 Å². The third-order valence-corrected chi connectivity index (χ3v) is 7.23. The first-order valence-corrected chi connectivity index (χ1v) is 12.2. The number of carbonyl (C=O) groups excluding carboxylic acids is 1. The molecule has 0 aliphatic carbocycles. The lowest BCUT2D eigenvalue weighted by atomic mass is 10.1. The van der Waals surface area contributed by atoms with Crippen LogP contribution in [0.1, 0.15) is 37.3 Å². The van der Waals surface area contributed by atoms with E-state index in [-0.39, 0.29) is 10.8 Å². The van der Waals surface area contributed by atoms with Gasteiger partial charge in [0.1, 0.15) is 0 Å². The third kappa shape index (κ3) is 5.69. The number of amides is 1. The maximum Gasteiger partial charge on any atom is 0.248 e. The number of nitrogens with zero attached hydrogens (tertiary/aromatic N) is 1. The van der Waals surface area contributed by atoms with Gasteiger partial charge in [-0.15, -0.1) is 0 Å². The van der Waals surface area contributed by atoms with Crippen LogP contribution in [-0.2, 0) is 14.8 Å². The van der Waals surface area contributed by atoms with Gasteiger partial charge in [-0.3, -0.25) is 4.79 Å². The Labute approximate surface area is 190 Å². The lowest BCUT2D eigenvalue weighted by Crippen LogP contribution is -2.35. The van der Waals surface area contributed by atoms with Crippen molar-refractivity contribution in [2.24, 2.45) is 0 Å². The fourth-order valence-electron chi connectivity index (χ4n) is 3.56. The van der Waals surface area contributed by atoms with Gasteiger partial charge in [-0.2, -0.15) is 4.31 Å². The van der Waals surface area contributed by atoms with E-state index in [1.165, 1.54) is 16.4 Å². The van der Waals surface area contributed by atoms with E-state index in [4.69, 9.17) is 9.47 Å². The molecule has 1 aliphatic heterocycles. The molecule has 1 aliphatic rings. The van der Waals surface area contributed by atoms with Crippen molar-refractivity contribution in [3.8, 4) is 11.5 Å². The summed E-state index contributed by atoms with van der Waals surface area (Å²) < 4.78 is 38.3. The average molecular weight is 459 g/mol. The third-order valence-electron chi connectivity index (χ3n) is 5.33. The number of piperidine rings is 1. The van der Waals surface area contributed by atoms with E-state index in [1.807, 2.05) is 19.9 Å². The van der Waals surface area contributed by atoms with Crippen LogP contribution in [0, 0.1) is 6.92 Å². The molecule has 0 spiro atoms. The van der Waals surface area contributed by atoms with E-state index < -0.39 is 10.0 Å². The van der Waals surface area contributed by atoms with Crippen molar-refractivity contribution >= 4 is 27.7 Å². The summed E-state index contributed by atoms with van der Waals surface area (Å²) in [5, 5.41) is 2.79. The van der Waals surface area contributed by atoms with Crippen LogP contribution in [-0.4, -0.2) is 45.4 Å². The summed E-state index contributed by atoms with van der Waals surface area (Å²) in [6.45, 7) is 5.32. The van der Waals surface area contributed by atoms with E-state index in [0.29, 0.717) is 36.9 Å². The minimum atomic E-state index is -3.57. The predicted octanol–water partition coefficient (Wildman–Crippen LogP) is 4.23. The van der Waals surface area contributed by atoms with E-state index in [0.717, 1.165) is 30.4 Å². The van der Waals surface area contributed by atoms with Gasteiger partial charge in [0, 0.05) is 24.9 Å². The van der Waals surface area contributed by atoms with E-state index in [1.54, 1.807) is 37.5 Å². The Kier molecular flexibility index (Phi) is 7.93. The van der Waals surface area contributed by atoms with Crippen molar-refractivity contribution in [2.45, 2.75) is 38.0 Å². The maximum atomic E-state index is 13.0. The van der Waals surface area contributed by atoms with Gasteiger partial charge >= 0.3 is 0 Å². The fourth-order valence-corrected chi connectivity index (χ4v) is 5.10. The quantitative estimate of drug-likeness (QED) is 0.599. The van der Waals surface area contributed by atoms with Crippen molar-refractivity contribution in [1.29, 1.82) is 0 Å². The Morgan fingerprint density at radius 1 is 1.09 bits per heavy atom. The molecule has 172 valence electrons. The zero-order valence-electron chi connectivity index (χ0n) is 18.8. The number of methoxy groups -OCH3 is 1. The molecule has 0 atom stereocenters. The number of carbonyl (C=O) groups is 1. The second kappa shape index (κ2) is 10.7. The monoisotopic (exact) mass is 458 g/mol. The fraction of sp³-hybridized carbons (Fsp3) is 0.375. The lowest BCUT2D eigenvalue weighted by Gasteiger charge is -2.26. The Bertz CT molecular complexity index is 1090. The van der Waals surface area contributed by atoms with Gasteiger partial charge in [-0.05, 0) is 68.2 Å². The van der Waals surface area contributed by atoms with E-state index in [9.17, 15) is 13.2 Å². The van der Waals surface area contributed by atoms with Gasteiger partial charge in [0.25, 0.3) is 0 Å². The molecule has 2 aromatic carbocycles. The van der Waals surface area contributed by atoms with Crippen molar-refractivity contribution < 1.29 is 22.7 Å². The summed E-state index contributed by atoms with van der Waals surface area (Å²) in [6, 6.07) is 10.2. The summed E-state index contributed by atoms with van der Waals surface area (Å²) in [5.74, 6) is 0.869. The molecule has 2 aromatic rings.